The number of nitrogens with zero attached hydrogens (tertiary/aromatic N) is 2. The molecular weight excluding hydrogens is 468 g/mol. The van der Waals surface area contributed by atoms with Gasteiger partial charge in [0, 0.05) is 31.5 Å². The molecule has 0 bridgehead atoms. The zero-order valence-corrected chi connectivity index (χ0v) is 21.2. The molecule has 1 N–H and O–H groups in total. The first kappa shape index (κ1) is 27.1. The van der Waals surface area contributed by atoms with Crippen LogP contribution in [0.2, 0.25) is 5.02 Å². The first-order chi connectivity index (χ1) is 15.6. The Labute approximate surface area is 201 Å². The van der Waals surface area contributed by atoms with Crippen molar-refractivity contribution in [1.82, 2.24) is 4.31 Å². The Hall–Kier alpha value is -2.10. The van der Waals surface area contributed by atoms with Gasteiger partial charge in [-0.25, -0.2) is 12.7 Å². The van der Waals surface area contributed by atoms with Crippen molar-refractivity contribution < 1.29 is 27.9 Å². The van der Waals surface area contributed by atoms with Gasteiger partial charge in [0.05, 0.1) is 17.0 Å². The Morgan fingerprint density at radius 2 is 1.94 bits per heavy atom. The van der Waals surface area contributed by atoms with Crippen molar-refractivity contribution in [3.8, 4) is 5.75 Å². The van der Waals surface area contributed by atoms with Crippen LogP contribution < -0.4 is 4.74 Å². The highest BCUT2D eigenvalue weighted by Crippen LogP contribution is 2.29. The van der Waals surface area contributed by atoms with Gasteiger partial charge in [-0.1, -0.05) is 30.1 Å². The molecule has 0 aromatic heterocycles. The molecule has 0 heterocycles. The van der Waals surface area contributed by atoms with Gasteiger partial charge in [-0.15, -0.1) is 0 Å². The molecule has 1 aromatic rings. The fraction of sp³-hybridized carbons (Fsp3) is 0.565. The predicted octanol–water partition coefficient (Wildman–Crippen LogP) is 4.35. The van der Waals surface area contributed by atoms with Crippen LogP contribution in [0.15, 0.2) is 40.8 Å². The van der Waals surface area contributed by atoms with Gasteiger partial charge in [0.2, 0.25) is 10.0 Å². The summed E-state index contributed by atoms with van der Waals surface area (Å²) in [6.45, 7) is 5.68. The van der Waals surface area contributed by atoms with Crippen molar-refractivity contribution in [2.75, 3.05) is 26.0 Å². The number of aliphatic hydroxyl groups excluding tert-OH is 1. The first-order valence-electron chi connectivity index (χ1n) is 11.1. The molecule has 8 nitrogen and oxygen atoms in total. The summed E-state index contributed by atoms with van der Waals surface area (Å²) < 4.78 is 31.0. The Morgan fingerprint density at radius 1 is 1.27 bits per heavy atom. The predicted molar refractivity (Wildman–Crippen MR) is 129 cm³/mol. The van der Waals surface area contributed by atoms with Crippen molar-refractivity contribution in [3.63, 3.8) is 0 Å². The molecule has 2 atom stereocenters. The Balaban J connectivity index is 2.04. The number of oxime groups is 1. The van der Waals surface area contributed by atoms with E-state index < -0.39 is 10.0 Å². The minimum absolute atomic E-state index is 0.0119. The van der Waals surface area contributed by atoms with Crippen LogP contribution >= 0.6 is 11.6 Å². The standard InChI is InChI=1S/C23H33ClN2O6S/c1-5-7-20(25-31-15-16(3)32-19-10-8-18(24)9-11-19)23-21(27)12-17(13-22(23)28)14-26(4)33(29,30)6-2/h8-11,16-17,27H,5-7,12-15H2,1-4H3. The monoisotopic (exact) mass is 500 g/mol. The summed E-state index contributed by atoms with van der Waals surface area (Å²) in [5.74, 6) is 0.0237. The van der Waals surface area contributed by atoms with Gasteiger partial charge in [0.25, 0.3) is 0 Å². The van der Waals surface area contributed by atoms with Gasteiger partial charge in [-0.05, 0) is 50.5 Å². The van der Waals surface area contributed by atoms with Crippen LogP contribution in [0, 0.1) is 5.92 Å². The van der Waals surface area contributed by atoms with Crippen molar-refractivity contribution in [3.05, 3.63) is 40.6 Å². The van der Waals surface area contributed by atoms with Crippen LogP contribution in [0.5, 0.6) is 5.75 Å². The average Bonchev–Trinajstić information content (AvgIpc) is 2.74. The van der Waals surface area contributed by atoms with Gasteiger partial charge < -0.3 is 14.7 Å². The number of aliphatic hydroxyl groups is 1. The number of allylic oxidation sites excluding steroid dienone is 2. The molecule has 33 heavy (non-hydrogen) atoms. The van der Waals surface area contributed by atoms with E-state index in [2.05, 4.69) is 5.16 Å². The van der Waals surface area contributed by atoms with E-state index in [1.165, 1.54) is 11.4 Å². The first-order valence-corrected chi connectivity index (χ1v) is 13.1. The SMILES string of the molecule is CCCC(=NOCC(C)Oc1ccc(Cl)cc1)C1=C(O)CC(CN(C)S(=O)(=O)CC)CC1=O. The average molecular weight is 501 g/mol. The molecule has 1 aromatic carbocycles. The quantitative estimate of drug-likeness (QED) is 0.338. The molecule has 1 aliphatic rings. The molecule has 0 radical (unpaired) electrons. The molecule has 0 fully saturated rings. The third-order valence-electron chi connectivity index (χ3n) is 5.29. The zero-order chi connectivity index (χ0) is 24.6. The summed E-state index contributed by atoms with van der Waals surface area (Å²) >= 11 is 5.87. The number of benzene rings is 1. The van der Waals surface area contributed by atoms with Gasteiger partial charge in [0.15, 0.2) is 12.4 Å². The lowest BCUT2D eigenvalue weighted by atomic mass is 9.84. The van der Waals surface area contributed by atoms with Crippen molar-refractivity contribution in [2.45, 2.75) is 52.6 Å². The smallest absolute Gasteiger partial charge is 0.213 e. The minimum atomic E-state index is -3.35. The molecule has 0 aliphatic heterocycles. The normalized spacial score (nSPS) is 18.5. The summed E-state index contributed by atoms with van der Waals surface area (Å²) in [6, 6.07) is 6.98. The number of carbonyl (C=O) groups excluding carboxylic acids is 1. The van der Waals surface area contributed by atoms with Crippen LogP contribution in [0.25, 0.3) is 0 Å². The maximum atomic E-state index is 12.8. The topological polar surface area (TPSA) is 106 Å². The van der Waals surface area contributed by atoms with Crippen molar-refractivity contribution >= 4 is 33.1 Å². The molecule has 10 heteroatoms. The second kappa shape index (κ2) is 12.4. The number of hydrogen-bond acceptors (Lipinski definition) is 7. The second-order valence-electron chi connectivity index (χ2n) is 8.17. The second-order valence-corrected chi connectivity index (χ2v) is 11.0. The Bertz CT molecular complexity index is 975. The number of halogens is 1. The fourth-order valence-electron chi connectivity index (χ4n) is 3.58. The van der Waals surface area contributed by atoms with Crippen LogP contribution in [0.1, 0.15) is 46.5 Å². The van der Waals surface area contributed by atoms with E-state index in [0.29, 0.717) is 29.3 Å². The molecule has 2 unspecified atom stereocenters. The van der Waals surface area contributed by atoms with E-state index in [1.807, 2.05) is 13.8 Å². The van der Waals surface area contributed by atoms with Gasteiger partial charge in [-0.2, -0.15) is 0 Å². The Kier molecular flexibility index (Phi) is 10.2. The number of ketones is 1. The minimum Gasteiger partial charge on any atom is -0.511 e. The molecule has 2 rings (SSSR count). The van der Waals surface area contributed by atoms with Crippen molar-refractivity contribution in [1.29, 1.82) is 0 Å². The van der Waals surface area contributed by atoms with E-state index in [1.54, 1.807) is 31.2 Å². The molecule has 0 saturated heterocycles. The van der Waals surface area contributed by atoms with E-state index >= 15 is 0 Å². The van der Waals surface area contributed by atoms with Crippen LogP contribution in [0.3, 0.4) is 0 Å². The molecular formula is C23H33ClN2O6S. The summed E-state index contributed by atoms with van der Waals surface area (Å²) in [6.07, 6.45) is 1.23. The highest BCUT2D eigenvalue weighted by molar-refractivity contribution is 7.89. The molecule has 184 valence electrons. The van der Waals surface area contributed by atoms with E-state index in [0.717, 1.165) is 0 Å². The number of hydrogen-bond donors (Lipinski definition) is 1. The third-order valence-corrected chi connectivity index (χ3v) is 7.37. The summed E-state index contributed by atoms with van der Waals surface area (Å²) in [5.41, 5.74) is 0.576. The van der Waals surface area contributed by atoms with E-state index in [4.69, 9.17) is 21.2 Å². The number of Topliss-reactive ketones (excluding diaryl/α,β-unsaturated/α-hetero) is 1. The maximum Gasteiger partial charge on any atom is 0.213 e. The lowest BCUT2D eigenvalue weighted by Crippen LogP contribution is -2.36. The summed E-state index contributed by atoms with van der Waals surface area (Å²) in [5, 5.41) is 15.4. The fourth-order valence-corrected chi connectivity index (χ4v) is 4.58. The lowest BCUT2D eigenvalue weighted by Gasteiger charge is -2.27. The number of rotatable bonds is 12. The van der Waals surface area contributed by atoms with Crippen LogP contribution in [-0.4, -0.2) is 61.4 Å². The van der Waals surface area contributed by atoms with Gasteiger partial charge >= 0.3 is 0 Å². The van der Waals surface area contributed by atoms with Crippen LogP contribution in [-0.2, 0) is 19.7 Å². The highest BCUT2D eigenvalue weighted by atomic mass is 35.5. The number of carbonyl (C=O) groups is 1. The van der Waals surface area contributed by atoms with Gasteiger partial charge in [0.1, 0.15) is 17.6 Å². The lowest BCUT2D eigenvalue weighted by molar-refractivity contribution is -0.116. The van der Waals surface area contributed by atoms with E-state index in [-0.39, 0.29) is 60.9 Å². The summed E-state index contributed by atoms with van der Waals surface area (Å²) in [4.78, 5) is 18.3. The van der Waals surface area contributed by atoms with Crippen molar-refractivity contribution in [2.24, 2.45) is 11.1 Å². The van der Waals surface area contributed by atoms with Gasteiger partial charge in [-0.3, -0.25) is 4.79 Å². The molecule has 0 amide bonds. The molecule has 0 saturated carbocycles. The highest BCUT2D eigenvalue weighted by Gasteiger charge is 2.32. The maximum absolute atomic E-state index is 12.8. The largest absolute Gasteiger partial charge is 0.511 e. The zero-order valence-electron chi connectivity index (χ0n) is 19.6. The van der Waals surface area contributed by atoms with E-state index in [9.17, 15) is 18.3 Å². The Morgan fingerprint density at radius 3 is 2.52 bits per heavy atom. The number of ether oxygens (including phenoxy) is 1. The third kappa shape index (κ3) is 8.01. The molecule has 0 spiro atoms. The van der Waals surface area contributed by atoms with Crippen LogP contribution in [0.4, 0.5) is 0 Å². The summed E-state index contributed by atoms with van der Waals surface area (Å²) in [7, 11) is -1.86. The number of sulfonamides is 1. The molecule has 1 aliphatic carbocycles.